The molecular formula is C19H20F3NO2S. The monoisotopic (exact) mass is 383 g/mol. The molecule has 1 atom stereocenters. The molecule has 2 aromatic rings. The molecule has 1 aliphatic rings. The number of benzene rings is 1. The fraction of sp³-hybridized carbons (Fsp3) is 0.421. The number of thiophene rings is 1. The van der Waals surface area contributed by atoms with Crippen LogP contribution in [0.1, 0.15) is 40.5 Å². The van der Waals surface area contributed by atoms with Crippen LogP contribution in [-0.4, -0.2) is 29.1 Å². The summed E-state index contributed by atoms with van der Waals surface area (Å²) in [6.45, 7) is 3.06. The number of halogens is 3. The third-order valence-corrected chi connectivity index (χ3v) is 5.90. The average Bonchev–Trinajstić information content (AvgIpc) is 3.01. The van der Waals surface area contributed by atoms with Crippen molar-refractivity contribution in [2.45, 2.75) is 32.0 Å². The average molecular weight is 383 g/mol. The fourth-order valence-corrected chi connectivity index (χ4v) is 4.50. The second-order valence-electron chi connectivity index (χ2n) is 6.70. The highest BCUT2D eigenvalue weighted by atomic mass is 32.1. The largest absolute Gasteiger partial charge is 0.481 e. The van der Waals surface area contributed by atoms with E-state index >= 15 is 0 Å². The number of hydrogen-bond donors (Lipinski definition) is 1. The van der Waals surface area contributed by atoms with Crippen LogP contribution in [0.25, 0.3) is 0 Å². The lowest BCUT2D eigenvalue weighted by atomic mass is 9.93. The Morgan fingerprint density at radius 1 is 1.27 bits per heavy atom. The normalized spacial score (nSPS) is 18.0. The lowest BCUT2D eigenvalue weighted by Gasteiger charge is -2.36. The summed E-state index contributed by atoms with van der Waals surface area (Å²) in [5.41, 5.74) is 1.01. The van der Waals surface area contributed by atoms with Crippen LogP contribution >= 0.6 is 11.3 Å². The zero-order chi connectivity index (χ0) is 18.9. The fourth-order valence-electron chi connectivity index (χ4n) is 3.44. The van der Waals surface area contributed by atoms with Gasteiger partial charge in [0.15, 0.2) is 0 Å². The summed E-state index contributed by atoms with van der Waals surface area (Å²) >= 11 is 1.53. The summed E-state index contributed by atoms with van der Waals surface area (Å²) in [4.78, 5) is 14.3. The Kier molecular flexibility index (Phi) is 5.39. The molecule has 1 N–H and O–H groups in total. The summed E-state index contributed by atoms with van der Waals surface area (Å²) in [7, 11) is 0. The third kappa shape index (κ3) is 4.10. The lowest BCUT2D eigenvalue weighted by molar-refractivity contribution is -0.143. The summed E-state index contributed by atoms with van der Waals surface area (Å²) in [6, 6.07) is 7.16. The standard InChI is InChI=1S/C19H20F3NO2S/c1-12-9-16(26-11-12)17(23-7-5-13(6-8-23)18(24)25)14-3-2-4-15(10-14)19(20,21)22/h2-4,9-11,13,17H,5-8H2,1H3,(H,24,25). The molecule has 3 rings (SSSR count). The first kappa shape index (κ1) is 18.9. The number of carboxylic acid groups (broad SMARTS) is 1. The van der Waals surface area contributed by atoms with Crippen LogP contribution in [-0.2, 0) is 11.0 Å². The van der Waals surface area contributed by atoms with Gasteiger partial charge in [-0.15, -0.1) is 11.3 Å². The summed E-state index contributed by atoms with van der Waals surface area (Å²) in [6.07, 6.45) is -3.37. The van der Waals surface area contributed by atoms with Crippen molar-refractivity contribution in [3.63, 3.8) is 0 Å². The maximum atomic E-state index is 13.1. The predicted molar refractivity (Wildman–Crippen MR) is 94.3 cm³/mol. The molecule has 0 bridgehead atoms. The predicted octanol–water partition coefficient (Wildman–Crippen LogP) is 4.96. The molecule has 0 aliphatic carbocycles. The second-order valence-corrected chi connectivity index (χ2v) is 7.64. The smallest absolute Gasteiger partial charge is 0.416 e. The molecule has 3 nitrogen and oxygen atoms in total. The van der Waals surface area contributed by atoms with Gasteiger partial charge in [-0.3, -0.25) is 9.69 Å². The zero-order valence-electron chi connectivity index (χ0n) is 14.3. The van der Waals surface area contributed by atoms with Crippen molar-refractivity contribution in [2.75, 3.05) is 13.1 Å². The first-order valence-electron chi connectivity index (χ1n) is 8.45. The van der Waals surface area contributed by atoms with E-state index in [1.165, 1.54) is 23.5 Å². The number of likely N-dealkylation sites (tertiary alicyclic amines) is 1. The van der Waals surface area contributed by atoms with E-state index in [4.69, 9.17) is 0 Å². The molecule has 1 saturated heterocycles. The first-order valence-corrected chi connectivity index (χ1v) is 9.32. The molecule has 1 unspecified atom stereocenters. The first-order chi connectivity index (χ1) is 12.3. The van der Waals surface area contributed by atoms with Gasteiger partial charge in [0.05, 0.1) is 17.5 Å². The molecule has 0 amide bonds. The SMILES string of the molecule is Cc1csc(C(c2cccc(C(F)(F)F)c2)N2CCC(C(=O)O)CC2)c1. The molecular weight excluding hydrogens is 363 g/mol. The number of rotatable bonds is 4. The molecule has 1 aliphatic heterocycles. The Hall–Kier alpha value is -1.86. The van der Waals surface area contributed by atoms with E-state index in [9.17, 15) is 23.1 Å². The third-order valence-electron chi connectivity index (χ3n) is 4.79. The van der Waals surface area contributed by atoms with Crippen LogP contribution in [0.5, 0.6) is 0 Å². The Morgan fingerprint density at radius 3 is 2.50 bits per heavy atom. The van der Waals surface area contributed by atoms with Gasteiger partial charge in [0, 0.05) is 4.88 Å². The van der Waals surface area contributed by atoms with Crippen molar-refractivity contribution < 1.29 is 23.1 Å². The summed E-state index contributed by atoms with van der Waals surface area (Å²) in [5.74, 6) is -1.18. The van der Waals surface area contributed by atoms with Gasteiger partial charge in [0.2, 0.25) is 0 Å². The molecule has 140 valence electrons. The number of piperidine rings is 1. The van der Waals surface area contributed by atoms with Crippen LogP contribution in [0, 0.1) is 12.8 Å². The lowest BCUT2D eigenvalue weighted by Crippen LogP contribution is -2.39. The number of carbonyl (C=O) groups is 1. The van der Waals surface area contributed by atoms with E-state index in [1.807, 2.05) is 18.4 Å². The van der Waals surface area contributed by atoms with Crippen molar-refractivity contribution in [3.8, 4) is 0 Å². The number of aliphatic carboxylic acids is 1. The molecule has 0 radical (unpaired) electrons. The van der Waals surface area contributed by atoms with Gasteiger partial charge in [-0.05, 0) is 67.6 Å². The van der Waals surface area contributed by atoms with Gasteiger partial charge < -0.3 is 5.11 Å². The van der Waals surface area contributed by atoms with Crippen LogP contribution in [0.15, 0.2) is 35.7 Å². The zero-order valence-corrected chi connectivity index (χ0v) is 15.1. The maximum absolute atomic E-state index is 13.1. The molecule has 1 aromatic carbocycles. The Balaban J connectivity index is 1.94. The van der Waals surface area contributed by atoms with Crippen LogP contribution in [0.2, 0.25) is 0 Å². The van der Waals surface area contributed by atoms with Crippen molar-refractivity contribution >= 4 is 17.3 Å². The van der Waals surface area contributed by atoms with Crippen molar-refractivity contribution in [3.05, 3.63) is 57.3 Å². The second kappa shape index (κ2) is 7.40. The van der Waals surface area contributed by atoms with Gasteiger partial charge in [0.25, 0.3) is 0 Å². The molecule has 1 fully saturated rings. The molecule has 2 heterocycles. The molecule has 1 aromatic heterocycles. The Morgan fingerprint density at radius 2 is 1.96 bits per heavy atom. The van der Waals surface area contributed by atoms with Gasteiger partial charge in [-0.25, -0.2) is 0 Å². The number of carboxylic acids is 1. The number of nitrogens with zero attached hydrogens (tertiary/aromatic N) is 1. The Labute approximate surface area is 154 Å². The Bertz CT molecular complexity index is 779. The highest BCUT2D eigenvalue weighted by Crippen LogP contribution is 2.38. The van der Waals surface area contributed by atoms with Gasteiger partial charge in [-0.2, -0.15) is 13.2 Å². The van der Waals surface area contributed by atoms with E-state index in [1.54, 1.807) is 6.07 Å². The van der Waals surface area contributed by atoms with Crippen LogP contribution in [0.4, 0.5) is 13.2 Å². The quantitative estimate of drug-likeness (QED) is 0.811. The van der Waals surface area contributed by atoms with E-state index in [-0.39, 0.29) is 12.0 Å². The molecule has 0 saturated carbocycles. The topological polar surface area (TPSA) is 40.5 Å². The van der Waals surface area contributed by atoms with E-state index in [0.29, 0.717) is 31.5 Å². The summed E-state index contributed by atoms with van der Waals surface area (Å²) < 4.78 is 39.4. The van der Waals surface area contributed by atoms with Gasteiger partial charge in [-0.1, -0.05) is 12.1 Å². The molecule has 26 heavy (non-hydrogen) atoms. The summed E-state index contributed by atoms with van der Waals surface area (Å²) in [5, 5.41) is 11.2. The van der Waals surface area contributed by atoms with Crippen LogP contribution < -0.4 is 0 Å². The molecule has 7 heteroatoms. The van der Waals surface area contributed by atoms with E-state index in [2.05, 4.69) is 4.90 Å². The minimum atomic E-state index is -4.39. The van der Waals surface area contributed by atoms with Crippen molar-refractivity contribution in [1.82, 2.24) is 4.90 Å². The minimum absolute atomic E-state index is 0.286. The van der Waals surface area contributed by atoms with Crippen molar-refractivity contribution in [2.24, 2.45) is 5.92 Å². The van der Waals surface area contributed by atoms with E-state index < -0.39 is 17.7 Å². The van der Waals surface area contributed by atoms with Gasteiger partial charge >= 0.3 is 12.1 Å². The van der Waals surface area contributed by atoms with Crippen LogP contribution in [0.3, 0.4) is 0 Å². The number of aryl methyl sites for hydroxylation is 1. The minimum Gasteiger partial charge on any atom is -0.481 e. The highest BCUT2D eigenvalue weighted by Gasteiger charge is 2.34. The van der Waals surface area contributed by atoms with Gasteiger partial charge in [0.1, 0.15) is 0 Å². The highest BCUT2D eigenvalue weighted by molar-refractivity contribution is 7.10. The number of hydrogen-bond acceptors (Lipinski definition) is 3. The van der Waals surface area contributed by atoms with Crippen molar-refractivity contribution in [1.29, 1.82) is 0 Å². The van der Waals surface area contributed by atoms with E-state index in [0.717, 1.165) is 16.5 Å². The number of alkyl halides is 3. The molecule has 0 spiro atoms. The maximum Gasteiger partial charge on any atom is 0.416 e.